The van der Waals surface area contributed by atoms with Crippen LogP contribution in [0.25, 0.3) is 0 Å². The van der Waals surface area contributed by atoms with Gasteiger partial charge < -0.3 is 8.91 Å². The van der Waals surface area contributed by atoms with Gasteiger partial charge in [-0.2, -0.15) is 13.2 Å². The Balaban J connectivity index is 0. The summed E-state index contributed by atoms with van der Waals surface area (Å²) in [5.74, 6) is -1.53. The molecule has 248 valence electrons. The molecule has 0 aromatic heterocycles. The van der Waals surface area contributed by atoms with Crippen molar-refractivity contribution in [3.63, 3.8) is 0 Å². The molecule has 1 aliphatic heterocycles. The minimum Gasteiger partial charge on any atom is -0.451 e. The minimum atomic E-state index is -5.50. The van der Waals surface area contributed by atoms with E-state index in [-0.39, 0.29) is 0 Å². The Hall–Kier alpha value is -0.0956. The summed E-state index contributed by atoms with van der Waals surface area (Å²) in [5.41, 5.74) is -5.90. The zero-order valence-corrected chi connectivity index (χ0v) is 30.5. The predicted molar refractivity (Wildman–Crippen MR) is 151 cm³/mol. The van der Waals surface area contributed by atoms with Crippen LogP contribution in [-0.4, -0.2) is 74.6 Å². The minimum absolute atomic E-state index is 0.613. The summed E-state index contributed by atoms with van der Waals surface area (Å²) in [5, 5.41) is 0. The lowest BCUT2D eigenvalue weighted by atomic mass is 9.96. The van der Waals surface area contributed by atoms with Crippen LogP contribution in [0, 0.1) is 5.92 Å². The quantitative estimate of drug-likeness (QED) is 0.181. The first-order valence-corrected chi connectivity index (χ1v) is 29.0. The lowest BCUT2D eigenvalue weighted by Crippen LogP contribution is -2.48. The van der Waals surface area contributed by atoms with Crippen LogP contribution in [0.2, 0.25) is 58.4 Å². The highest BCUT2D eigenvalue weighted by molar-refractivity contribution is 7.73. The van der Waals surface area contributed by atoms with Gasteiger partial charge in [-0.15, -0.1) is 17.6 Å². The first-order valence-electron chi connectivity index (χ1n) is 12.8. The second-order valence-electron chi connectivity index (χ2n) is 13.4. The third-order valence-electron chi connectivity index (χ3n) is 5.82. The van der Waals surface area contributed by atoms with Crippen LogP contribution in [0.15, 0.2) is 11.3 Å². The average molecular weight is 709 g/mol. The van der Waals surface area contributed by atoms with Crippen LogP contribution in [-0.2, 0) is 4.12 Å². The Labute approximate surface area is 240 Å². The normalized spacial score (nSPS) is 27.0. The third kappa shape index (κ3) is 14.5. The van der Waals surface area contributed by atoms with E-state index in [1.54, 1.807) is 39.3 Å². The molecule has 0 saturated carbocycles. The van der Waals surface area contributed by atoms with Gasteiger partial charge in [-0.3, -0.25) is 4.39 Å². The molecule has 19 heteroatoms. The Bertz CT molecular complexity index is 862. The molecule has 41 heavy (non-hydrogen) atoms. The molecule has 1 aliphatic rings. The van der Waals surface area contributed by atoms with Crippen molar-refractivity contribution in [3.05, 3.63) is 11.3 Å². The van der Waals surface area contributed by atoms with Crippen molar-refractivity contribution in [1.82, 2.24) is 0 Å². The van der Waals surface area contributed by atoms with Crippen molar-refractivity contribution in [2.24, 2.45) is 5.92 Å². The molecule has 0 spiro atoms. The van der Waals surface area contributed by atoms with Crippen LogP contribution >= 0.6 is 0 Å². The molecule has 1 N–H and O–H groups in total. The largest absolute Gasteiger partial charge is 0.559 e. The van der Waals surface area contributed by atoms with Gasteiger partial charge in [0.05, 0.1) is 13.1 Å². The van der Waals surface area contributed by atoms with E-state index in [1.807, 2.05) is 0 Å². The van der Waals surface area contributed by atoms with Crippen LogP contribution in [0.4, 0.5) is 52.7 Å². The van der Waals surface area contributed by atoms with Crippen molar-refractivity contribution < 1.29 is 61.6 Å². The van der Waals surface area contributed by atoms with Crippen LogP contribution < -0.4 is 0 Å². The van der Waals surface area contributed by atoms with Gasteiger partial charge in [0.25, 0.3) is 0 Å². The second kappa shape index (κ2) is 14.3. The van der Waals surface area contributed by atoms with Gasteiger partial charge in [0, 0.05) is 14.0 Å². The summed E-state index contributed by atoms with van der Waals surface area (Å²) in [6, 6.07) is -0.613. The van der Waals surface area contributed by atoms with Gasteiger partial charge in [-0.05, 0) is 44.7 Å². The molecule has 0 bridgehead atoms. The Morgan fingerprint density at radius 3 is 1.51 bits per heavy atom. The summed E-state index contributed by atoms with van der Waals surface area (Å²) >= 11 is 0. The van der Waals surface area contributed by atoms with E-state index >= 15 is 17.6 Å². The monoisotopic (exact) mass is 708 g/mol. The van der Waals surface area contributed by atoms with Crippen LogP contribution in [0.1, 0.15) is 33.6 Å². The van der Waals surface area contributed by atoms with Crippen LogP contribution in [0.5, 0.6) is 0 Å². The molecule has 0 aromatic carbocycles. The van der Waals surface area contributed by atoms with E-state index in [0.29, 0.717) is 0 Å². The molecule has 1 saturated heterocycles. The molecule has 5 unspecified atom stereocenters. The first kappa shape index (κ1) is 43.0. The lowest BCUT2D eigenvalue weighted by molar-refractivity contribution is -0.237. The molecule has 0 aromatic rings. The molecule has 1 fully saturated rings. The van der Waals surface area contributed by atoms with E-state index in [9.17, 15) is 39.9 Å². The molecule has 5 atom stereocenters. The topological polar surface area (TPSA) is 29.5 Å². The highest BCUT2D eigenvalue weighted by Gasteiger charge is 2.83. The third-order valence-corrected chi connectivity index (χ3v) is 45.7. The number of rotatable bonds is 10. The molecule has 0 radical (unpaired) electrons. The van der Waals surface area contributed by atoms with E-state index in [0.717, 1.165) is 12.5 Å². The van der Waals surface area contributed by atoms with Gasteiger partial charge in [-0.25, -0.2) is 17.6 Å². The maximum Gasteiger partial charge on any atom is 0.559 e. The maximum atomic E-state index is 15.8. The maximum absolute atomic E-state index is 15.8. The van der Waals surface area contributed by atoms with E-state index in [4.69, 9.17) is 4.12 Å². The van der Waals surface area contributed by atoms with Gasteiger partial charge in [0.1, 0.15) is 18.2 Å². The second-order valence-corrected chi connectivity index (χ2v) is 45.8. The Morgan fingerprint density at radius 2 is 1.27 bits per heavy atom. The van der Waals surface area contributed by atoms with Crippen molar-refractivity contribution >= 4 is 39.9 Å². The standard InChI is InChI=1S/C17H34F8O2Si5.C4H10.CF4/c1-29(2,3)27-31(7,10-9-18)14(20)13(19)15(21,11-16(22,23)24)12-17(25)28(30(4,5)6)32(17,8)26;1-4(2)3;2-1(3,4)5/h26,28H,9-12H2,1-8H3;4H,1-3H3;/b14-13-;;. The zero-order chi connectivity index (χ0) is 33.8. The van der Waals surface area contributed by atoms with Crippen molar-refractivity contribution in [1.29, 1.82) is 0 Å². The number of halogens is 12. The highest BCUT2D eigenvalue weighted by Crippen LogP contribution is 2.57. The summed E-state index contributed by atoms with van der Waals surface area (Å²) < 4.78 is 159. The van der Waals surface area contributed by atoms with E-state index < -0.39 is 99.9 Å². The van der Waals surface area contributed by atoms with Gasteiger partial charge in [0.2, 0.25) is 16.2 Å². The molecule has 0 amide bonds. The van der Waals surface area contributed by atoms with E-state index in [2.05, 4.69) is 20.8 Å². The van der Waals surface area contributed by atoms with Crippen molar-refractivity contribution in [2.75, 3.05) is 6.67 Å². The average Bonchev–Trinajstić information content (AvgIpc) is 3.06. The summed E-state index contributed by atoms with van der Waals surface area (Å²) in [4.78, 5) is 8.05. The molecular formula is C22H44F12O2Si5. The van der Waals surface area contributed by atoms with Crippen molar-refractivity contribution in [2.45, 2.75) is 115 Å². The van der Waals surface area contributed by atoms with Gasteiger partial charge >= 0.3 is 12.6 Å². The Morgan fingerprint density at radius 1 is 0.902 bits per heavy atom. The summed E-state index contributed by atoms with van der Waals surface area (Å²) in [6.07, 6.45) is -14.8. The number of hydrogen-bond acceptors (Lipinski definition) is 2. The van der Waals surface area contributed by atoms with Crippen LogP contribution in [0.3, 0.4) is 0 Å². The van der Waals surface area contributed by atoms with Gasteiger partial charge in [0.15, 0.2) is 19.8 Å². The molecule has 0 aliphatic carbocycles. The molecule has 1 heterocycles. The molecular weight excluding hydrogens is 665 g/mol. The predicted octanol–water partition coefficient (Wildman–Crippen LogP) is 9.35. The van der Waals surface area contributed by atoms with E-state index in [1.165, 1.54) is 6.55 Å². The summed E-state index contributed by atoms with van der Waals surface area (Å²) in [7, 11) is -15.5. The Kier molecular flexibility index (Phi) is 15.0. The zero-order valence-electron chi connectivity index (χ0n) is 25.4. The first-order chi connectivity index (χ1) is 17.6. The fourth-order valence-corrected chi connectivity index (χ4v) is 59.0. The number of hydrogen-bond donors (Lipinski definition) is 1. The molecule has 1 rings (SSSR count). The van der Waals surface area contributed by atoms with Crippen molar-refractivity contribution in [3.8, 4) is 0 Å². The highest BCUT2D eigenvalue weighted by atomic mass is 29.7. The van der Waals surface area contributed by atoms with Gasteiger partial charge in [-0.1, -0.05) is 40.4 Å². The fraction of sp³-hybridized carbons (Fsp3) is 0.909. The summed E-state index contributed by atoms with van der Waals surface area (Å²) in [6.45, 7) is 17.7. The smallest absolute Gasteiger partial charge is 0.451 e. The fourth-order valence-electron chi connectivity index (χ4n) is 4.88. The number of alkyl halides is 10. The molecule has 2 nitrogen and oxygen atoms in total. The number of allylic oxidation sites excluding steroid dienone is 1. The SMILES string of the molecule is CC(C)C.C[Si](C)(C)O[Si](C)(CCF)/C(F)=C(\F)C(F)(CC(F)(F)F)CC1(F)[SiH]([Si](C)(C)C)[Si]1(C)O.FC(F)(F)F. The lowest BCUT2D eigenvalue weighted by Gasteiger charge is -2.35.